The van der Waals surface area contributed by atoms with Gasteiger partial charge in [-0.15, -0.1) is 0 Å². The molecule has 0 fully saturated rings. The second kappa shape index (κ2) is 5.17. The molecule has 1 atom stereocenters. The molecule has 2 aromatic carbocycles. The van der Waals surface area contributed by atoms with E-state index in [1.165, 1.54) is 5.56 Å². The van der Waals surface area contributed by atoms with Gasteiger partial charge in [0.25, 0.3) is 5.91 Å². The molecule has 0 aromatic heterocycles. The van der Waals surface area contributed by atoms with Crippen molar-refractivity contribution in [1.82, 2.24) is 5.32 Å². The second-order valence-electron chi connectivity index (χ2n) is 4.90. The monoisotopic (exact) mass is 287 g/mol. The van der Waals surface area contributed by atoms with Crippen LogP contribution in [0.3, 0.4) is 0 Å². The van der Waals surface area contributed by atoms with Crippen LogP contribution < -0.4 is 5.32 Å². The Kier molecular flexibility index (Phi) is 3.36. The van der Waals surface area contributed by atoms with E-state index in [0.717, 1.165) is 18.4 Å². The zero-order valence-electron chi connectivity index (χ0n) is 10.8. The number of rotatable bonds is 2. The summed E-state index contributed by atoms with van der Waals surface area (Å²) in [7, 11) is 0. The summed E-state index contributed by atoms with van der Waals surface area (Å²) in [5.74, 6) is -0.468. The highest BCUT2D eigenvalue weighted by Gasteiger charge is 2.24. The Morgan fingerprint density at radius 3 is 2.85 bits per heavy atom. The summed E-state index contributed by atoms with van der Waals surface area (Å²) in [6.07, 6.45) is 1.84. The van der Waals surface area contributed by atoms with Crippen LogP contribution in [-0.4, -0.2) is 11.0 Å². The molecular formula is C16H14ClNO2. The average molecular weight is 288 g/mol. The summed E-state index contributed by atoms with van der Waals surface area (Å²) in [4.78, 5) is 12.3. The molecule has 0 spiro atoms. The van der Waals surface area contributed by atoms with E-state index in [2.05, 4.69) is 11.4 Å². The smallest absolute Gasteiger partial charge is 0.255 e. The first-order chi connectivity index (χ1) is 9.66. The van der Waals surface area contributed by atoms with Crippen molar-refractivity contribution >= 4 is 17.5 Å². The number of fused-ring (bicyclic) bond motifs is 1. The van der Waals surface area contributed by atoms with Crippen molar-refractivity contribution in [3.05, 3.63) is 64.2 Å². The maximum Gasteiger partial charge on any atom is 0.255 e. The molecular weight excluding hydrogens is 274 g/mol. The van der Waals surface area contributed by atoms with Gasteiger partial charge in [0.05, 0.1) is 16.6 Å². The number of carbonyl (C=O) groups is 1. The van der Waals surface area contributed by atoms with Crippen molar-refractivity contribution < 1.29 is 9.90 Å². The minimum Gasteiger partial charge on any atom is -0.506 e. The molecule has 1 amide bonds. The maximum atomic E-state index is 12.3. The Bertz CT molecular complexity index is 669. The number of benzene rings is 2. The lowest BCUT2D eigenvalue weighted by molar-refractivity contribution is 0.0934. The Morgan fingerprint density at radius 2 is 2.00 bits per heavy atom. The number of hydrogen-bond donors (Lipinski definition) is 2. The Morgan fingerprint density at radius 1 is 1.20 bits per heavy atom. The number of carbonyl (C=O) groups excluding carboxylic acids is 1. The van der Waals surface area contributed by atoms with Crippen molar-refractivity contribution in [3.63, 3.8) is 0 Å². The van der Waals surface area contributed by atoms with Gasteiger partial charge in [0.1, 0.15) is 5.75 Å². The lowest BCUT2D eigenvalue weighted by atomic mass is 10.1. The molecule has 3 nitrogen and oxygen atoms in total. The lowest BCUT2D eigenvalue weighted by Crippen LogP contribution is -2.27. The topological polar surface area (TPSA) is 49.3 Å². The van der Waals surface area contributed by atoms with Crippen molar-refractivity contribution in [2.75, 3.05) is 0 Å². The van der Waals surface area contributed by atoms with Gasteiger partial charge in [0.2, 0.25) is 0 Å². The quantitative estimate of drug-likeness (QED) is 0.888. The summed E-state index contributed by atoms with van der Waals surface area (Å²) in [6, 6.07) is 12.9. The van der Waals surface area contributed by atoms with Gasteiger partial charge in [-0.3, -0.25) is 4.79 Å². The van der Waals surface area contributed by atoms with Gasteiger partial charge in [-0.2, -0.15) is 0 Å². The minimum absolute atomic E-state index is 0.00270. The fourth-order valence-electron chi connectivity index (χ4n) is 2.64. The highest BCUT2D eigenvalue weighted by molar-refractivity contribution is 6.32. The number of phenols is 1. The van der Waals surface area contributed by atoms with E-state index in [9.17, 15) is 9.90 Å². The van der Waals surface area contributed by atoms with Crippen LogP contribution in [0.1, 0.15) is 33.9 Å². The molecule has 4 heteroatoms. The molecule has 102 valence electrons. The zero-order valence-corrected chi connectivity index (χ0v) is 11.5. The van der Waals surface area contributed by atoms with Crippen molar-refractivity contribution in [3.8, 4) is 5.75 Å². The number of para-hydroxylation sites is 1. The Labute approximate surface area is 122 Å². The molecule has 0 bridgehead atoms. The molecule has 0 saturated carbocycles. The third kappa shape index (κ3) is 2.25. The van der Waals surface area contributed by atoms with E-state index in [4.69, 9.17) is 11.6 Å². The molecule has 0 heterocycles. The summed E-state index contributed by atoms with van der Waals surface area (Å²) < 4.78 is 0. The van der Waals surface area contributed by atoms with E-state index < -0.39 is 0 Å². The van der Waals surface area contributed by atoms with Gasteiger partial charge in [0, 0.05) is 0 Å². The van der Waals surface area contributed by atoms with Crippen LogP contribution in [0.25, 0.3) is 0 Å². The third-order valence-electron chi connectivity index (χ3n) is 3.67. The molecule has 0 radical (unpaired) electrons. The number of aryl methyl sites for hydroxylation is 1. The van der Waals surface area contributed by atoms with Crippen LogP contribution >= 0.6 is 11.6 Å². The van der Waals surface area contributed by atoms with E-state index in [-0.39, 0.29) is 28.3 Å². The normalized spacial score (nSPS) is 16.8. The van der Waals surface area contributed by atoms with Crippen LogP contribution in [0.15, 0.2) is 42.5 Å². The van der Waals surface area contributed by atoms with Crippen LogP contribution in [0.5, 0.6) is 5.75 Å². The van der Waals surface area contributed by atoms with Gasteiger partial charge >= 0.3 is 0 Å². The third-order valence-corrected chi connectivity index (χ3v) is 3.97. The highest BCUT2D eigenvalue weighted by Crippen LogP contribution is 2.32. The van der Waals surface area contributed by atoms with Gasteiger partial charge < -0.3 is 10.4 Å². The maximum absolute atomic E-state index is 12.3. The van der Waals surface area contributed by atoms with Gasteiger partial charge in [0.15, 0.2) is 0 Å². The number of halogens is 1. The molecule has 3 rings (SSSR count). The largest absolute Gasteiger partial charge is 0.506 e. The van der Waals surface area contributed by atoms with Gasteiger partial charge in [-0.1, -0.05) is 41.9 Å². The van der Waals surface area contributed by atoms with Gasteiger partial charge in [-0.25, -0.2) is 0 Å². The highest BCUT2D eigenvalue weighted by atomic mass is 35.5. The molecule has 1 aliphatic carbocycles. The van der Waals surface area contributed by atoms with Crippen LogP contribution in [0.2, 0.25) is 5.02 Å². The lowest BCUT2D eigenvalue weighted by Gasteiger charge is -2.15. The average Bonchev–Trinajstić information content (AvgIpc) is 2.85. The fourth-order valence-corrected chi connectivity index (χ4v) is 2.82. The molecule has 2 N–H and O–H groups in total. The molecule has 0 aliphatic heterocycles. The summed E-state index contributed by atoms with van der Waals surface area (Å²) in [6.45, 7) is 0. The van der Waals surface area contributed by atoms with E-state index in [1.54, 1.807) is 18.2 Å². The fraction of sp³-hybridized carbons (Fsp3) is 0.188. The number of aromatic hydroxyl groups is 1. The van der Waals surface area contributed by atoms with Crippen LogP contribution in [-0.2, 0) is 6.42 Å². The first kappa shape index (κ1) is 13.0. The van der Waals surface area contributed by atoms with Crippen molar-refractivity contribution in [2.24, 2.45) is 0 Å². The first-order valence-corrected chi connectivity index (χ1v) is 6.91. The van der Waals surface area contributed by atoms with Crippen LogP contribution in [0, 0.1) is 0 Å². The SMILES string of the molecule is O=C(N[C@@H]1CCc2ccccc21)c1cccc(Cl)c1O. The predicted octanol–water partition coefficient (Wildman–Crippen LogP) is 3.46. The predicted molar refractivity (Wildman–Crippen MR) is 78.1 cm³/mol. The first-order valence-electron chi connectivity index (χ1n) is 6.53. The zero-order chi connectivity index (χ0) is 14.1. The number of phenolic OH excluding ortho intramolecular Hbond substituents is 1. The molecule has 0 unspecified atom stereocenters. The van der Waals surface area contributed by atoms with E-state index >= 15 is 0 Å². The molecule has 20 heavy (non-hydrogen) atoms. The number of nitrogens with one attached hydrogen (secondary N) is 1. The summed E-state index contributed by atoms with van der Waals surface area (Å²) in [5, 5.41) is 13.0. The summed E-state index contributed by atoms with van der Waals surface area (Å²) in [5.41, 5.74) is 2.64. The minimum atomic E-state index is -0.299. The van der Waals surface area contributed by atoms with Gasteiger partial charge in [-0.05, 0) is 36.1 Å². The van der Waals surface area contributed by atoms with Crippen molar-refractivity contribution in [2.45, 2.75) is 18.9 Å². The Hall–Kier alpha value is -2.00. The standard InChI is InChI=1S/C16H14ClNO2/c17-13-7-3-6-12(15(13)19)16(20)18-14-9-8-10-4-1-2-5-11(10)14/h1-7,14,19H,8-9H2,(H,18,20)/t14-/m1/s1. The van der Waals surface area contributed by atoms with Crippen LogP contribution in [0.4, 0.5) is 0 Å². The molecule has 1 aliphatic rings. The Balaban J connectivity index is 1.83. The number of amides is 1. The summed E-state index contributed by atoms with van der Waals surface area (Å²) >= 11 is 5.83. The number of hydrogen-bond acceptors (Lipinski definition) is 2. The second-order valence-corrected chi connectivity index (χ2v) is 5.31. The van der Waals surface area contributed by atoms with E-state index in [1.807, 2.05) is 18.2 Å². The molecule has 0 saturated heterocycles. The van der Waals surface area contributed by atoms with Crippen molar-refractivity contribution in [1.29, 1.82) is 0 Å². The molecule has 2 aromatic rings. The van der Waals surface area contributed by atoms with E-state index in [0.29, 0.717) is 0 Å².